The molecule has 88 valence electrons. The summed E-state index contributed by atoms with van der Waals surface area (Å²) in [7, 11) is 0. The van der Waals surface area contributed by atoms with Gasteiger partial charge in [0.1, 0.15) is 0 Å². The lowest BCUT2D eigenvalue weighted by atomic mass is 10.2. The van der Waals surface area contributed by atoms with Crippen LogP contribution in [0.4, 0.5) is 0 Å². The predicted octanol–water partition coefficient (Wildman–Crippen LogP) is 2.15. The highest BCUT2D eigenvalue weighted by atomic mass is 15.3. The van der Waals surface area contributed by atoms with Crippen LogP contribution < -0.4 is 0 Å². The van der Waals surface area contributed by atoms with Gasteiger partial charge in [0.2, 0.25) is 0 Å². The molecule has 16 heavy (non-hydrogen) atoms. The molecule has 0 saturated carbocycles. The number of likely N-dealkylation sites (tertiary alicyclic amines) is 1. The lowest BCUT2D eigenvalue weighted by molar-refractivity contribution is 0.248. The average Bonchev–Trinajstić information content (AvgIpc) is 2.77. The monoisotopic (exact) mass is 219 g/mol. The zero-order chi connectivity index (χ0) is 11.5. The van der Waals surface area contributed by atoms with Crippen molar-refractivity contribution in [2.45, 2.75) is 39.3 Å². The average molecular weight is 219 g/mol. The molecule has 1 aromatic heterocycles. The van der Waals surface area contributed by atoms with E-state index in [-0.39, 0.29) is 0 Å². The van der Waals surface area contributed by atoms with Gasteiger partial charge in [-0.3, -0.25) is 9.58 Å². The molecule has 2 rings (SSSR count). The first kappa shape index (κ1) is 11.4. The van der Waals surface area contributed by atoms with E-state index in [0.29, 0.717) is 6.04 Å². The smallest absolute Gasteiger partial charge is 0.0596 e. The maximum Gasteiger partial charge on any atom is 0.0596 e. The third kappa shape index (κ3) is 2.35. The van der Waals surface area contributed by atoms with Crippen molar-refractivity contribution >= 4 is 0 Å². The summed E-state index contributed by atoms with van der Waals surface area (Å²) in [5.41, 5.74) is 2.38. The fourth-order valence-corrected chi connectivity index (χ4v) is 2.57. The Bertz CT molecular complexity index is 367. The van der Waals surface area contributed by atoms with Crippen molar-refractivity contribution in [2.75, 3.05) is 13.1 Å². The normalized spacial score (nSPS) is 21.5. The summed E-state index contributed by atoms with van der Waals surface area (Å²) in [6.45, 7) is 11.2. The van der Waals surface area contributed by atoms with Gasteiger partial charge in [-0.15, -0.1) is 6.58 Å². The Kier molecular flexibility index (Phi) is 3.44. The minimum Gasteiger partial charge on any atom is -0.295 e. The Labute approximate surface area is 97.8 Å². The summed E-state index contributed by atoms with van der Waals surface area (Å²) in [5, 5.41) is 4.53. The molecule has 1 saturated heterocycles. The van der Waals surface area contributed by atoms with E-state index < -0.39 is 0 Å². The maximum atomic E-state index is 4.53. The van der Waals surface area contributed by atoms with Crippen LogP contribution >= 0.6 is 0 Å². The third-order valence-electron chi connectivity index (χ3n) is 3.35. The molecule has 0 N–H and O–H groups in total. The van der Waals surface area contributed by atoms with E-state index in [4.69, 9.17) is 0 Å². The number of aromatic nitrogens is 2. The molecule has 3 nitrogen and oxygen atoms in total. The quantitative estimate of drug-likeness (QED) is 0.724. The van der Waals surface area contributed by atoms with Crippen LogP contribution in [0.25, 0.3) is 0 Å². The first-order chi connectivity index (χ1) is 7.70. The van der Waals surface area contributed by atoms with Crippen molar-refractivity contribution in [3.8, 4) is 0 Å². The number of rotatable bonds is 4. The van der Waals surface area contributed by atoms with Crippen LogP contribution in [0.5, 0.6) is 0 Å². The van der Waals surface area contributed by atoms with E-state index in [0.717, 1.165) is 18.8 Å². The van der Waals surface area contributed by atoms with E-state index in [9.17, 15) is 0 Å². The summed E-state index contributed by atoms with van der Waals surface area (Å²) in [4.78, 5) is 2.50. The summed E-state index contributed by atoms with van der Waals surface area (Å²) in [5.74, 6) is 0. The molecular formula is C13H21N3. The topological polar surface area (TPSA) is 21.1 Å². The molecule has 3 heteroatoms. The Hall–Kier alpha value is -1.09. The first-order valence-electron chi connectivity index (χ1n) is 6.06. The second-order valence-electron chi connectivity index (χ2n) is 4.69. The first-order valence-corrected chi connectivity index (χ1v) is 6.06. The van der Waals surface area contributed by atoms with Gasteiger partial charge in [-0.05, 0) is 39.3 Å². The Morgan fingerprint density at radius 1 is 1.56 bits per heavy atom. The second kappa shape index (κ2) is 4.83. The standard InChI is InChI=1S/C13H21N3/c1-4-7-15-8-5-6-13(15)10-16-12(3)9-11(2)14-16/h4,9,13H,1,5-8,10H2,2-3H3. The molecule has 1 aromatic rings. The fourth-order valence-electron chi connectivity index (χ4n) is 2.57. The molecule has 0 amide bonds. The SMILES string of the molecule is C=CCN1CCCC1Cn1nc(C)cc1C. The highest BCUT2D eigenvalue weighted by Crippen LogP contribution is 2.19. The minimum atomic E-state index is 0.635. The van der Waals surface area contributed by atoms with E-state index in [1.165, 1.54) is 25.1 Å². The van der Waals surface area contributed by atoms with Crippen LogP contribution in [0, 0.1) is 13.8 Å². The maximum absolute atomic E-state index is 4.53. The van der Waals surface area contributed by atoms with Crippen LogP contribution in [-0.2, 0) is 6.54 Å². The molecule has 1 aliphatic rings. The molecule has 1 atom stereocenters. The van der Waals surface area contributed by atoms with Gasteiger partial charge < -0.3 is 0 Å². The van der Waals surface area contributed by atoms with Gasteiger partial charge in [-0.2, -0.15) is 5.10 Å². The molecule has 2 heterocycles. The van der Waals surface area contributed by atoms with Crippen molar-refractivity contribution < 1.29 is 0 Å². The Balaban J connectivity index is 2.03. The number of hydrogen-bond donors (Lipinski definition) is 0. The molecule has 0 aliphatic carbocycles. The molecule has 1 unspecified atom stereocenters. The highest BCUT2D eigenvalue weighted by molar-refractivity contribution is 5.07. The third-order valence-corrected chi connectivity index (χ3v) is 3.35. The van der Waals surface area contributed by atoms with Gasteiger partial charge in [-0.25, -0.2) is 0 Å². The fraction of sp³-hybridized carbons (Fsp3) is 0.615. The van der Waals surface area contributed by atoms with Crippen LogP contribution in [0.3, 0.4) is 0 Å². The van der Waals surface area contributed by atoms with Crippen molar-refractivity contribution in [1.29, 1.82) is 0 Å². The molecule has 0 bridgehead atoms. The summed E-state index contributed by atoms with van der Waals surface area (Å²) in [6.07, 6.45) is 4.59. The van der Waals surface area contributed by atoms with Gasteiger partial charge in [0.05, 0.1) is 12.2 Å². The van der Waals surface area contributed by atoms with Crippen molar-refractivity contribution in [1.82, 2.24) is 14.7 Å². The molecule has 1 aliphatic heterocycles. The highest BCUT2D eigenvalue weighted by Gasteiger charge is 2.24. The van der Waals surface area contributed by atoms with Crippen LogP contribution in [0.1, 0.15) is 24.2 Å². The lowest BCUT2D eigenvalue weighted by Gasteiger charge is -2.23. The second-order valence-corrected chi connectivity index (χ2v) is 4.69. The van der Waals surface area contributed by atoms with Gasteiger partial charge in [0, 0.05) is 18.3 Å². The van der Waals surface area contributed by atoms with Crippen molar-refractivity contribution in [2.24, 2.45) is 0 Å². The molecule has 0 aromatic carbocycles. The lowest BCUT2D eigenvalue weighted by Crippen LogP contribution is -2.33. The molecule has 1 fully saturated rings. The Morgan fingerprint density at radius 2 is 2.38 bits per heavy atom. The molecule has 0 spiro atoms. The van der Waals surface area contributed by atoms with Crippen molar-refractivity contribution in [3.63, 3.8) is 0 Å². The largest absolute Gasteiger partial charge is 0.295 e. The number of aryl methyl sites for hydroxylation is 2. The van der Waals surface area contributed by atoms with Crippen LogP contribution in [0.15, 0.2) is 18.7 Å². The zero-order valence-corrected chi connectivity index (χ0v) is 10.3. The minimum absolute atomic E-state index is 0.635. The van der Waals surface area contributed by atoms with E-state index in [1.54, 1.807) is 0 Å². The van der Waals surface area contributed by atoms with Gasteiger partial charge in [0.25, 0.3) is 0 Å². The van der Waals surface area contributed by atoms with Crippen LogP contribution in [0.2, 0.25) is 0 Å². The van der Waals surface area contributed by atoms with Gasteiger partial charge >= 0.3 is 0 Å². The summed E-state index contributed by atoms with van der Waals surface area (Å²) < 4.78 is 2.14. The summed E-state index contributed by atoms with van der Waals surface area (Å²) >= 11 is 0. The predicted molar refractivity (Wildman–Crippen MR) is 66.5 cm³/mol. The van der Waals surface area contributed by atoms with Crippen molar-refractivity contribution in [3.05, 3.63) is 30.1 Å². The molecular weight excluding hydrogens is 198 g/mol. The zero-order valence-electron chi connectivity index (χ0n) is 10.3. The number of hydrogen-bond acceptors (Lipinski definition) is 2. The van der Waals surface area contributed by atoms with Gasteiger partial charge in [0.15, 0.2) is 0 Å². The summed E-state index contributed by atoms with van der Waals surface area (Å²) in [6, 6.07) is 2.78. The van der Waals surface area contributed by atoms with E-state index in [1.807, 2.05) is 6.08 Å². The molecule has 0 radical (unpaired) electrons. The van der Waals surface area contributed by atoms with E-state index in [2.05, 4.69) is 41.2 Å². The van der Waals surface area contributed by atoms with Crippen LogP contribution in [-0.4, -0.2) is 33.8 Å². The number of nitrogens with zero attached hydrogens (tertiary/aromatic N) is 3. The van der Waals surface area contributed by atoms with Gasteiger partial charge in [-0.1, -0.05) is 6.08 Å². The van der Waals surface area contributed by atoms with E-state index >= 15 is 0 Å². The Morgan fingerprint density at radius 3 is 3.00 bits per heavy atom.